The summed E-state index contributed by atoms with van der Waals surface area (Å²) in [6.07, 6.45) is 1.94. The minimum absolute atomic E-state index is 0. The number of nitrogens with one attached hydrogen (secondary N) is 2. The molecule has 2 N–H and O–H groups in total. The summed E-state index contributed by atoms with van der Waals surface area (Å²) in [4.78, 5) is 16.4. The molecule has 1 aliphatic rings. The molecule has 0 aliphatic carbocycles. The summed E-state index contributed by atoms with van der Waals surface area (Å²) in [5.41, 5.74) is 0.951. The van der Waals surface area contributed by atoms with Gasteiger partial charge < -0.3 is 15.2 Å². The maximum Gasteiger partial charge on any atom is 0.227 e. The van der Waals surface area contributed by atoms with Crippen LogP contribution in [0.15, 0.2) is 21.3 Å². The van der Waals surface area contributed by atoms with Crippen molar-refractivity contribution in [2.45, 2.75) is 32.2 Å². The van der Waals surface area contributed by atoms with Crippen molar-refractivity contribution in [3.63, 3.8) is 0 Å². The van der Waals surface area contributed by atoms with E-state index in [1.807, 2.05) is 16.8 Å². The molecule has 0 bridgehead atoms. The van der Waals surface area contributed by atoms with Gasteiger partial charge in [-0.3, -0.25) is 4.79 Å². The second kappa shape index (κ2) is 8.42. The van der Waals surface area contributed by atoms with Crippen molar-refractivity contribution in [2.75, 3.05) is 13.1 Å². The van der Waals surface area contributed by atoms with E-state index in [1.54, 1.807) is 11.3 Å². The topological polar surface area (TPSA) is 80.0 Å². The molecule has 6 nitrogen and oxygen atoms in total. The van der Waals surface area contributed by atoms with Gasteiger partial charge in [-0.25, -0.2) is 0 Å². The molecule has 126 valence electrons. The number of hydrogen-bond acceptors (Lipinski definition) is 6. The lowest BCUT2D eigenvalue weighted by Gasteiger charge is -2.30. The second-order valence-corrected chi connectivity index (χ2v) is 6.45. The summed E-state index contributed by atoms with van der Waals surface area (Å²) in [6.45, 7) is 4.05. The van der Waals surface area contributed by atoms with Crippen molar-refractivity contribution in [2.24, 2.45) is 5.92 Å². The van der Waals surface area contributed by atoms with Gasteiger partial charge in [0.1, 0.15) is 0 Å². The van der Waals surface area contributed by atoms with Gasteiger partial charge in [0.05, 0.1) is 0 Å². The van der Waals surface area contributed by atoms with E-state index in [9.17, 15) is 4.79 Å². The van der Waals surface area contributed by atoms with Gasteiger partial charge in [-0.1, -0.05) is 12.1 Å². The van der Waals surface area contributed by atoms with E-state index in [0.29, 0.717) is 30.5 Å². The van der Waals surface area contributed by atoms with Gasteiger partial charge in [0.2, 0.25) is 17.6 Å². The summed E-state index contributed by atoms with van der Waals surface area (Å²) in [7, 11) is 0. The molecule has 0 aromatic carbocycles. The zero-order chi connectivity index (χ0) is 15.4. The van der Waals surface area contributed by atoms with Crippen LogP contribution in [0.5, 0.6) is 0 Å². The van der Waals surface area contributed by atoms with E-state index in [1.165, 1.54) is 0 Å². The van der Waals surface area contributed by atoms with E-state index >= 15 is 0 Å². The quantitative estimate of drug-likeness (QED) is 0.859. The van der Waals surface area contributed by atoms with Crippen LogP contribution in [-0.2, 0) is 11.2 Å². The fourth-order valence-electron chi connectivity index (χ4n) is 2.55. The van der Waals surface area contributed by atoms with E-state index in [0.717, 1.165) is 25.1 Å². The average Bonchev–Trinajstić information content (AvgIpc) is 3.18. The Hall–Kier alpha value is -1.44. The zero-order valence-corrected chi connectivity index (χ0v) is 14.6. The molecule has 2 unspecified atom stereocenters. The highest BCUT2D eigenvalue weighted by Gasteiger charge is 2.22. The summed E-state index contributed by atoms with van der Waals surface area (Å²) in [5, 5.41) is 14.3. The number of carbonyl (C=O) groups excluding carboxylic acids is 1. The molecular formula is C15H21ClN4O2S. The second-order valence-electron chi connectivity index (χ2n) is 5.67. The Labute approximate surface area is 145 Å². The van der Waals surface area contributed by atoms with Gasteiger partial charge in [-0.05, 0) is 30.3 Å². The average molecular weight is 357 g/mol. The molecule has 3 rings (SSSR count). The molecule has 2 atom stereocenters. The first kappa shape index (κ1) is 17.9. The molecule has 0 spiro atoms. The van der Waals surface area contributed by atoms with Crippen molar-refractivity contribution in [1.82, 2.24) is 20.8 Å². The normalized spacial score (nSPS) is 20.7. The monoisotopic (exact) mass is 356 g/mol. The van der Waals surface area contributed by atoms with Gasteiger partial charge in [0, 0.05) is 36.4 Å². The molecule has 3 heterocycles. The van der Waals surface area contributed by atoms with Crippen LogP contribution in [0.1, 0.15) is 25.7 Å². The number of aryl methyl sites for hydroxylation is 1. The third-order valence-corrected chi connectivity index (χ3v) is 4.67. The number of thiophene rings is 1. The molecule has 8 heteroatoms. The minimum atomic E-state index is 0. The molecule has 1 fully saturated rings. The SMILES string of the molecule is CC1CCNCC1NC(=O)CCc1nc(-c2ccsc2)no1.Cl. The number of halogens is 1. The fourth-order valence-corrected chi connectivity index (χ4v) is 3.18. The van der Waals surface area contributed by atoms with Crippen molar-refractivity contribution in [3.8, 4) is 11.4 Å². The Morgan fingerprint density at radius 2 is 2.43 bits per heavy atom. The van der Waals surface area contributed by atoms with Gasteiger partial charge in [0.15, 0.2) is 0 Å². The lowest BCUT2D eigenvalue weighted by molar-refractivity contribution is -0.122. The van der Waals surface area contributed by atoms with Crippen LogP contribution in [0.25, 0.3) is 11.4 Å². The number of carbonyl (C=O) groups is 1. The summed E-state index contributed by atoms with van der Waals surface area (Å²) in [6, 6.07) is 2.16. The van der Waals surface area contributed by atoms with E-state index in [4.69, 9.17) is 4.52 Å². The van der Waals surface area contributed by atoms with Crippen LogP contribution in [0.3, 0.4) is 0 Å². The van der Waals surface area contributed by atoms with Crippen molar-refractivity contribution < 1.29 is 9.32 Å². The van der Waals surface area contributed by atoms with E-state index in [2.05, 4.69) is 27.7 Å². The Kier molecular flexibility index (Phi) is 6.56. The fraction of sp³-hybridized carbons (Fsp3) is 0.533. The lowest BCUT2D eigenvalue weighted by atomic mass is 9.95. The Morgan fingerprint density at radius 1 is 1.57 bits per heavy atom. The molecule has 1 amide bonds. The Bertz CT molecular complexity index is 617. The highest BCUT2D eigenvalue weighted by molar-refractivity contribution is 7.08. The number of hydrogen-bond donors (Lipinski definition) is 2. The summed E-state index contributed by atoms with van der Waals surface area (Å²) < 4.78 is 5.20. The third-order valence-electron chi connectivity index (χ3n) is 3.99. The van der Waals surface area contributed by atoms with Crippen LogP contribution in [0.4, 0.5) is 0 Å². The number of piperidine rings is 1. The minimum Gasteiger partial charge on any atom is -0.352 e. The highest BCUT2D eigenvalue weighted by atomic mass is 35.5. The van der Waals surface area contributed by atoms with E-state index < -0.39 is 0 Å². The molecular weight excluding hydrogens is 336 g/mol. The van der Waals surface area contributed by atoms with Crippen LogP contribution in [-0.4, -0.2) is 35.2 Å². The van der Waals surface area contributed by atoms with Crippen LogP contribution >= 0.6 is 23.7 Å². The number of rotatable bonds is 5. The molecule has 2 aromatic heterocycles. The Morgan fingerprint density at radius 3 is 3.17 bits per heavy atom. The number of aromatic nitrogens is 2. The van der Waals surface area contributed by atoms with Gasteiger partial charge >= 0.3 is 0 Å². The molecule has 2 aromatic rings. The summed E-state index contributed by atoms with van der Waals surface area (Å²) >= 11 is 1.59. The van der Waals surface area contributed by atoms with Gasteiger partial charge in [-0.15, -0.1) is 12.4 Å². The predicted octanol–water partition coefficient (Wildman–Crippen LogP) is 2.27. The van der Waals surface area contributed by atoms with Gasteiger partial charge in [-0.2, -0.15) is 16.3 Å². The first-order chi connectivity index (χ1) is 10.7. The van der Waals surface area contributed by atoms with Gasteiger partial charge in [0.25, 0.3) is 0 Å². The van der Waals surface area contributed by atoms with Crippen molar-refractivity contribution in [3.05, 3.63) is 22.7 Å². The number of nitrogens with zero attached hydrogens (tertiary/aromatic N) is 2. The lowest BCUT2D eigenvalue weighted by Crippen LogP contribution is -2.50. The predicted molar refractivity (Wildman–Crippen MR) is 91.8 cm³/mol. The number of amides is 1. The first-order valence-electron chi connectivity index (χ1n) is 7.57. The standard InChI is InChI=1S/C15H20N4O2S.ClH/c1-10-4-6-16-8-12(10)17-13(20)2-3-14-18-15(19-21-14)11-5-7-22-9-11;/h5,7,9-10,12,16H,2-4,6,8H2,1H3,(H,17,20);1H. The molecule has 23 heavy (non-hydrogen) atoms. The zero-order valence-electron chi connectivity index (χ0n) is 12.9. The Balaban J connectivity index is 0.00000192. The van der Waals surface area contributed by atoms with Crippen LogP contribution in [0.2, 0.25) is 0 Å². The summed E-state index contributed by atoms with van der Waals surface area (Å²) in [5.74, 6) is 1.64. The van der Waals surface area contributed by atoms with Crippen molar-refractivity contribution in [1.29, 1.82) is 0 Å². The first-order valence-corrected chi connectivity index (χ1v) is 8.52. The molecule has 1 aliphatic heterocycles. The maximum atomic E-state index is 12.0. The molecule has 0 saturated carbocycles. The molecule has 0 radical (unpaired) electrons. The maximum absolute atomic E-state index is 12.0. The largest absolute Gasteiger partial charge is 0.352 e. The van der Waals surface area contributed by atoms with E-state index in [-0.39, 0.29) is 24.4 Å². The smallest absolute Gasteiger partial charge is 0.227 e. The third kappa shape index (κ3) is 4.76. The highest BCUT2D eigenvalue weighted by Crippen LogP contribution is 2.19. The van der Waals surface area contributed by atoms with Crippen LogP contribution in [0, 0.1) is 5.92 Å². The molecule has 1 saturated heterocycles. The van der Waals surface area contributed by atoms with Crippen molar-refractivity contribution >= 4 is 29.7 Å². The van der Waals surface area contributed by atoms with Crippen LogP contribution < -0.4 is 10.6 Å².